The first-order valence-corrected chi connectivity index (χ1v) is 6.06. The predicted octanol–water partition coefficient (Wildman–Crippen LogP) is 1.60. The van der Waals surface area contributed by atoms with Gasteiger partial charge in [-0.05, 0) is 30.2 Å². The van der Waals surface area contributed by atoms with Crippen LogP contribution in [0, 0.1) is 0 Å². The highest BCUT2D eigenvalue weighted by molar-refractivity contribution is 5.91. The Balaban J connectivity index is 2.47. The van der Waals surface area contributed by atoms with E-state index in [9.17, 15) is 4.79 Å². The van der Waals surface area contributed by atoms with Crippen LogP contribution < -0.4 is 10.1 Å². The molecule has 0 aliphatic heterocycles. The summed E-state index contributed by atoms with van der Waals surface area (Å²) in [7, 11) is 0. The Kier molecular flexibility index (Phi) is 6.58. The largest absolute Gasteiger partial charge is 0.494 e. The molecule has 0 fully saturated rings. The van der Waals surface area contributed by atoms with E-state index in [0.717, 1.165) is 17.7 Å². The summed E-state index contributed by atoms with van der Waals surface area (Å²) >= 11 is 0. The summed E-state index contributed by atoms with van der Waals surface area (Å²) in [6.45, 7) is 2.98. The van der Waals surface area contributed by atoms with Gasteiger partial charge in [-0.3, -0.25) is 4.79 Å². The van der Waals surface area contributed by atoms with E-state index >= 15 is 0 Å². The molecular weight excluding hydrogens is 230 g/mol. The van der Waals surface area contributed by atoms with Gasteiger partial charge in [-0.2, -0.15) is 0 Å². The molecule has 98 valence electrons. The first-order valence-electron chi connectivity index (χ1n) is 6.06. The molecule has 0 spiro atoms. The number of aliphatic hydroxyl groups is 1. The predicted molar refractivity (Wildman–Crippen MR) is 71.4 cm³/mol. The van der Waals surface area contributed by atoms with Gasteiger partial charge in [-0.25, -0.2) is 0 Å². The lowest BCUT2D eigenvalue weighted by molar-refractivity contribution is -0.116. The number of aliphatic hydroxyl groups excluding tert-OH is 1. The molecule has 1 aromatic rings. The molecule has 4 heteroatoms. The lowest BCUT2D eigenvalue weighted by atomic mass is 10.2. The number of nitrogens with one attached hydrogen (secondary N) is 1. The Labute approximate surface area is 107 Å². The summed E-state index contributed by atoms with van der Waals surface area (Å²) in [6.07, 6.45) is 4.14. The number of carbonyl (C=O) groups is 1. The first-order chi connectivity index (χ1) is 8.76. The topological polar surface area (TPSA) is 58.6 Å². The molecule has 0 atom stereocenters. The van der Waals surface area contributed by atoms with Crippen molar-refractivity contribution in [1.82, 2.24) is 5.32 Å². The minimum atomic E-state index is -0.213. The highest BCUT2D eigenvalue weighted by Gasteiger charge is 1.95. The van der Waals surface area contributed by atoms with E-state index in [4.69, 9.17) is 9.84 Å². The number of hydrogen-bond acceptors (Lipinski definition) is 3. The zero-order valence-electron chi connectivity index (χ0n) is 10.6. The molecule has 0 bridgehead atoms. The van der Waals surface area contributed by atoms with Gasteiger partial charge in [0.1, 0.15) is 5.75 Å². The van der Waals surface area contributed by atoms with Crippen LogP contribution in [0.25, 0.3) is 6.08 Å². The average Bonchev–Trinajstić information content (AvgIpc) is 2.41. The van der Waals surface area contributed by atoms with E-state index in [-0.39, 0.29) is 19.1 Å². The van der Waals surface area contributed by atoms with Crippen LogP contribution in [0.4, 0.5) is 0 Å². The van der Waals surface area contributed by atoms with Crippen molar-refractivity contribution in [3.63, 3.8) is 0 Å². The first kappa shape index (κ1) is 14.3. The number of ether oxygens (including phenoxy) is 1. The maximum Gasteiger partial charge on any atom is 0.244 e. The summed E-state index contributed by atoms with van der Waals surface area (Å²) in [4.78, 5) is 11.2. The van der Waals surface area contributed by atoms with Gasteiger partial charge in [0, 0.05) is 12.6 Å². The van der Waals surface area contributed by atoms with Gasteiger partial charge in [-0.1, -0.05) is 19.1 Å². The molecule has 1 amide bonds. The molecule has 0 unspecified atom stereocenters. The van der Waals surface area contributed by atoms with Gasteiger partial charge in [0.05, 0.1) is 13.2 Å². The molecule has 1 rings (SSSR count). The van der Waals surface area contributed by atoms with E-state index in [1.165, 1.54) is 6.08 Å². The van der Waals surface area contributed by atoms with Crippen LogP contribution in [0.5, 0.6) is 5.75 Å². The third kappa shape index (κ3) is 5.50. The highest BCUT2D eigenvalue weighted by atomic mass is 16.5. The summed E-state index contributed by atoms with van der Waals surface area (Å²) in [6, 6.07) is 7.53. The molecule has 0 radical (unpaired) electrons. The fourth-order valence-electron chi connectivity index (χ4n) is 1.31. The summed E-state index contributed by atoms with van der Waals surface area (Å²) in [5.74, 6) is 0.620. The summed E-state index contributed by atoms with van der Waals surface area (Å²) in [5, 5.41) is 11.1. The van der Waals surface area contributed by atoms with Crippen LogP contribution in [0.15, 0.2) is 30.3 Å². The third-order valence-electron chi connectivity index (χ3n) is 2.19. The van der Waals surface area contributed by atoms with Crippen LogP contribution >= 0.6 is 0 Å². The fourth-order valence-corrected chi connectivity index (χ4v) is 1.31. The second-order valence-electron chi connectivity index (χ2n) is 3.77. The van der Waals surface area contributed by atoms with Gasteiger partial charge in [0.2, 0.25) is 5.91 Å². The van der Waals surface area contributed by atoms with Crippen molar-refractivity contribution in [2.75, 3.05) is 19.8 Å². The van der Waals surface area contributed by atoms with E-state index in [1.807, 2.05) is 24.3 Å². The maximum atomic E-state index is 11.2. The SMILES string of the molecule is CCCOc1ccc(C=CC(=O)NCCO)cc1. The van der Waals surface area contributed by atoms with Gasteiger partial charge < -0.3 is 15.2 Å². The minimum Gasteiger partial charge on any atom is -0.494 e. The van der Waals surface area contributed by atoms with Crippen LogP contribution in [0.3, 0.4) is 0 Å². The Hall–Kier alpha value is -1.81. The number of benzene rings is 1. The molecule has 0 heterocycles. The van der Waals surface area contributed by atoms with Crippen LogP contribution in [-0.2, 0) is 4.79 Å². The molecule has 1 aromatic carbocycles. The normalized spacial score (nSPS) is 10.6. The van der Waals surface area contributed by atoms with Crippen LogP contribution in [0.2, 0.25) is 0 Å². The standard InChI is InChI=1S/C14H19NO3/c1-2-11-18-13-6-3-12(4-7-13)5-8-14(17)15-9-10-16/h3-8,16H,2,9-11H2,1H3,(H,15,17). The number of amides is 1. The molecule has 0 saturated carbocycles. The van der Waals surface area contributed by atoms with Gasteiger partial charge in [-0.15, -0.1) is 0 Å². The zero-order valence-corrected chi connectivity index (χ0v) is 10.6. The lowest BCUT2D eigenvalue weighted by Gasteiger charge is -2.04. The van der Waals surface area contributed by atoms with Gasteiger partial charge in [0.25, 0.3) is 0 Å². The monoisotopic (exact) mass is 249 g/mol. The molecule has 2 N–H and O–H groups in total. The molecule has 0 aliphatic rings. The highest BCUT2D eigenvalue weighted by Crippen LogP contribution is 2.13. The van der Waals surface area contributed by atoms with Crippen molar-refractivity contribution >= 4 is 12.0 Å². The third-order valence-corrected chi connectivity index (χ3v) is 2.19. The number of carbonyl (C=O) groups excluding carboxylic acids is 1. The van der Waals surface area contributed by atoms with E-state index in [1.54, 1.807) is 6.08 Å². The Morgan fingerprint density at radius 3 is 2.72 bits per heavy atom. The fraction of sp³-hybridized carbons (Fsp3) is 0.357. The van der Waals surface area contributed by atoms with E-state index < -0.39 is 0 Å². The van der Waals surface area contributed by atoms with E-state index in [2.05, 4.69) is 12.2 Å². The van der Waals surface area contributed by atoms with Crippen LogP contribution in [-0.4, -0.2) is 30.8 Å². The maximum absolute atomic E-state index is 11.2. The van der Waals surface area contributed by atoms with Crippen molar-refractivity contribution in [1.29, 1.82) is 0 Å². The van der Waals surface area contributed by atoms with Gasteiger partial charge in [0.15, 0.2) is 0 Å². The van der Waals surface area contributed by atoms with Crippen molar-refractivity contribution < 1.29 is 14.6 Å². The van der Waals surface area contributed by atoms with Crippen molar-refractivity contribution in [2.45, 2.75) is 13.3 Å². The molecule has 0 aliphatic carbocycles. The molecule has 0 saturated heterocycles. The minimum absolute atomic E-state index is 0.0525. The van der Waals surface area contributed by atoms with Crippen LogP contribution in [0.1, 0.15) is 18.9 Å². The second kappa shape index (κ2) is 8.31. The smallest absolute Gasteiger partial charge is 0.244 e. The Morgan fingerprint density at radius 2 is 2.11 bits per heavy atom. The quantitative estimate of drug-likeness (QED) is 0.722. The van der Waals surface area contributed by atoms with E-state index in [0.29, 0.717) is 6.61 Å². The second-order valence-corrected chi connectivity index (χ2v) is 3.77. The number of rotatable bonds is 7. The summed E-state index contributed by atoms with van der Waals surface area (Å²) < 4.78 is 5.46. The Bertz CT molecular complexity index is 385. The molecule has 0 aromatic heterocycles. The van der Waals surface area contributed by atoms with Crippen molar-refractivity contribution in [3.8, 4) is 5.75 Å². The summed E-state index contributed by atoms with van der Waals surface area (Å²) in [5.41, 5.74) is 0.929. The average molecular weight is 249 g/mol. The number of hydrogen-bond donors (Lipinski definition) is 2. The molecule has 18 heavy (non-hydrogen) atoms. The van der Waals surface area contributed by atoms with Gasteiger partial charge >= 0.3 is 0 Å². The zero-order chi connectivity index (χ0) is 13.2. The molecular formula is C14H19NO3. The lowest BCUT2D eigenvalue weighted by Crippen LogP contribution is -2.24. The Morgan fingerprint density at radius 1 is 1.39 bits per heavy atom. The van der Waals surface area contributed by atoms with Crippen molar-refractivity contribution in [2.24, 2.45) is 0 Å². The molecule has 4 nitrogen and oxygen atoms in total. The van der Waals surface area contributed by atoms with Crippen molar-refractivity contribution in [3.05, 3.63) is 35.9 Å².